The van der Waals surface area contributed by atoms with Crippen LogP contribution < -0.4 is 32.4 Å². The number of carboxylic acid groups (broad SMARTS) is 2. The first-order chi connectivity index (χ1) is 30.2. The Morgan fingerprint density at radius 1 is 0.750 bits per heavy atom. The molecule has 0 aliphatic carbocycles. The number of carboxylic acids is 2. The van der Waals surface area contributed by atoms with Crippen LogP contribution in [0.3, 0.4) is 0 Å². The second-order valence-electron chi connectivity index (χ2n) is 13.4. The third-order valence-electron chi connectivity index (χ3n) is 9.31. The van der Waals surface area contributed by atoms with Gasteiger partial charge in [-0.05, 0) is 29.8 Å². The Labute approximate surface area is 354 Å². The van der Waals surface area contributed by atoms with E-state index in [1.807, 2.05) is 0 Å². The Morgan fingerprint density at radius 2 is 1.33 bits per heavy atom. The SMILES string of the molecule is C=C1Nc2cc([N+](=O)[O-])c(-n3ccc(C(=O)NCc4ccc([N+](=O)[O-])cc4)c3)cc2N(CC(=O)O)C1=O.NC(=O)c1ccn(-c2cc3c(cc2[N+](=O)[O-])[nH]c(=O)c(=O)n3CC(=O)O)c1. The van der Waals surface area contributed by atoms with Crippen LogP contribution in [0.25, 0.3) is 22.4 Å². The Hall–Kier alpha value is -9.75. The first-order valence-electron chi connectivity index (χ1n) is 17.9. The fraction of sp³-hybridized carbons (Fsp3) is 0.0789. The molecule has 7 N–H and O–H groups in total. The molecule has 0 saturated heterocycles. The largest absolute Gasteiger partial charge is 0.480 e. The number of fused-ring (bicyclic) bond motifs is 2. The minimum absolute atomic E-state index is 0.00401. The highest BCUT2D eigenvalue weighted by atomic mass is 16.6. The van der Waals surface area contributed by atoms with Gasteiger partial charge in [0.25, 0.3) is 28.9 Å². The van der Waals surface area contributed by atoms with E-state index < -0.39 is 74.3 Å². The molecule has 1 aliphatic rings. The first kappa shape index (κ1) is 43.8. The molecule has 326 valence electrons. The van der Waals surface area contributed by atoms with Gasteiger partial charge in [-0.2, -0.15) is 0 Å². The number of hydrogen-bond acceptors (Lipinski definition) is 14. The number of anilines is 2. The lowest BCUT2D eigenvalue weighted by Gasteiger charge is -2.30. The van der Waals surface area contributed by atoms with Gasteiger partial charge in [-0.25, -0.2) is 0 Å². The van der Waals surface area contributed by atoms with Gasteiger partial charge in [-0.1, -0.05) is 18.7 Å². The molecular formula is C38H29N11O15. The number of nitro benzene ring substituents is 3. The number of hydrogen-bond donors (Lipinski definition) is 6. The monoisotopic (exact) mass is 879 g/mol. The van der Waals surface area contributed by atoms with Gasteiger partial charge in [0.2, 0.25) is 5.91 Å². The zero-order chi connectivity index (χ0) is 46.7. The molecule has 6 aromatic rings. The van der Waals surface area contributed by atoms with E-state index in [1.54, 1.807) is 0 Å². The van der Waals surface area contributed by atoms with Crippen LogP contribution in [0.15, 0.2) is 107 Å². The van der Waals surface area contributed by atoms with Crippen LogP contribution in [0.1, 0.15) is 26.3 Å². The van der Waals surface area contributed by atoms with E-state index in [0.717, 1.165) is 17.0 Å². The smallest absolute Gasteiger partial charge is 0.323 e. The molecule has 0 spiro atoms. The number of nitro groups is 3. The fourth-order valence-electron chi connectivity index (χ4n) is 6.36. The Balaban J connectivity index is 0.000000223. The average Bonchev–Trinajstić information content (AvgIpc) is 3.94. The molecule has 3 aromatic heterocycles. The Morgan fingerprint density at radius 3 is 1.89 bits per heavy atom. The molecule has 0 radical (unpaired) electrons. The van der Waals surface area contributed by atoms with Crippen molar-refractivity contribution < 1.29 is 49.0 Å². The van der Waals surface area contributed by atoms with Crippen molar-refractivity contribution in [3.8, 4) is 11.4 Å². The number of nitrogens with one attached hydrogen (secondary N) is 3. The van der Waals surface area contributed by atoms with Crippen molar-refractivity contribution in [2.75, 3.05) is 16.8 Å². The van der Waals surface area contributed by atoms with Crippen LogP contribution in [-0.2, 0) is 27.5 Å². The summed E-state index contributed by atoms with van der Waals surface area (Å²) in [6.07, 6.45) is 5.36. The van der Waals surface area contributed by atoms with E-state index in [4.69, 9.17) is 10.8 Å². The molecule has 26 nitrogen and oxygen atoms in total. The van der Waals surface area contributed by atoms with E-state index in [0.29, 0.717) is 10.1 Å². The predicted octanol–water partition coefficient (Wildman–Crippen LogP) is 2.15. The average molecular weight is 880 g/mol. The number of H-pyrrole nitrogens is 1. The van der Waals surface area contributed by atoms with Gasteiger partial charge in [0.05, 0.1) is 54.0 Å². The summed E-state index contributed by atoms with van der Waals surface area (Å²) in [4.78, 5) is 118. The maximum absolute atomic E-state index is 12.6. The number of nitrogens with zero attached hydrogens (tertiary/aromatic N) is 7. The van der Waals surface area contributed by atoms with Gasteiger partial charge < -0.3 is 40.7 Å². The quantitative estimate of drug-likeness (QED) is 0.0419. The van der Waals surface area contributed by atoms with Gasteiger partial charge in [0.1, 0.15) is 24.5 Å². The zero-order valence-corrected chi connectivity index (χ0v) is 32.3. The molecular weight excluding hydrogens is 850 g/mol. The number of benzene rings is 3. The summed E-state index contributed by atoms with van der Waals surface area (Å²) in [5, 5.41) is 57.5. The van der Waals surface area contributed by atoms with Gasteiger partial charge in [0.15, 0.2) is 0 Å². The van der Waals surface area contributed by atoms with Gasteiger partial charge in [0, 0.05) is 55.6 Å². The number of non-ortho nitro benzene ring substituents is 1. The van der Waals surface area contributed by atoms with E-state index in [2.05, 4.69) is 22.2 Å². The molecule has 26 heteroatoms. The number of aromatic nitrogens is 4. The highest BCUT2D eigenvalue weighted by Crippen LogP contribution is 2.39. The molecule has 0 saturated carbocycles. The lowest BCUT2D eigenvalue weighted by Crippen LogP contribution is -2.41. The van der Waals surface area contributed by atoms with Crippen molar-refractivity contribution >= 4 is 69.1 Å². The lowest BCUT2D eigenvalue weighted by molar-refractivity contribution is -0.385. The number of carbonyl (C=O) groups excluding carboxylic acids is 3. The van der Waals surface area contributed by atoms with Crippen molar-refractivity contribution in [1.82, 2.24) is 24.0 Å². The third kappa shape index (κ3) is 9.03. The lowest BCUT2D eigenvalue weighted by atomic mass is 10.1. The number of primary amides is 1. The van der Waals surface area contributed by atoms with Gasteiger partial charge >= 0.3 is 23.1 Å². The van der Waals surface area contributed by atoms with Crippen molar-refractivity contribution in [2.45, 2.75) is 13.1 Å². The van der Waals surface area contributed by atoms with E-state index in [9.17, 15) is 69.0 Å². The molecule has 0 unspecified atom stereocenters. The maximum Gasteiger partial charge on any atom is 0.323 e. The molecule has 3 amide bonds. The molecule has 4 heterocycles. The summed E-state index contributed by atoms with van der Waals surface area (Å²) in [5.74, 6) is -4.61. The van der Waals surface area contributed by atoms with Gasteiger partial charge in [-0.15, -0.1) is 0 Å². The zero-order valence-electron chi connectivity index (χ0n) is 32.3. The molecule has 0 atom stereocenters. The van der Waals surface area contributed by atoms with E-state index in [1.165, 1.54) is 82.5 Å². The third-order valence-corrected chi connectivity index (χ3v) is 9.31. The first-order valence-corrected chi connectivity index (χ1v) is 17.9. The highest BCUT2D eigenvalue weighted by Gasteiger charge is 2.32. The second kappa shape index (κ2) is 17.5. The number of nitrogens with two attached hydrogens (primary N) is 1. The normalized spacial score (nSPS) is 11.8. The molecule has 0 fully saturated rings. The number of aromatic amines is 1. The number of carbonyl (C=O) groups is 5. The maximum atomic E-state index is 12.6. The topological polar surface area (TPSA) is 373 Å². The summed E-state index contributed by atoms with van der Waals surface area (Å²) in [5.41, 5.74) is 2.87. The molecule has 3 aromatic carbocycles. The van der Waals surface area contributed by atoms with Crippen molar-refractivity contribution in [2.24, 2.45) is 5.73 Å². The van der Waals surface area contributed by atoms with E-state index >= 15 is 0 Å². The number of aliphatic carboxylic acids is 2. The van der Waals surface area contributed by atoms with Crippen molar-refractivity contribution in [3.63, 3.8) is 0 Å². The van der Waals surface area contributed by atoms with Crippen LogP contribution in [0.4, 0.5) is 28.4 Å². The summed E-state index contributed by atoms with van der Waals surface area (Å²) in [6.45, 7) is 2.12. The number of rotatable bonds is 13. The summed E-state index contributed by atoms with van der Waals surface area (Å²) in [7, 11) is 0. The van der Waals surface area contributed by atoms with Crippen LogP contribution >= 0.6 is 0 Å². The number of amides is 3. The fourth-order valence-corrected chi connectivity index (χ4v) is 6.36. The summed E-state index contributed by atoms with van der Waals surface area (Å²) < 4.78 is 3.24. The van der Waals surface area contributed by atoms with Crippen LogP contribution in [0, 0.1) is 30.3 Å². The standard InChI is InChI=1S/C23H18N6O8.C15H11N5O7/c1-13-23(33)27(12-21(30)31)18-9-19(20(29(36)37)8-17(18)25-13)26-7-6-15(11-26)22(32)24-10-14-2-4-16(5-3-14)28(34)35;16-13(23)7-1-2-18(5-7)10-4-9-8(3-11(10)20(26)27)17-14(24)15(25)19(9)6-12(21)22/h2-9,11,25H,1,10,12H2,(H,24,32)(H,30,31);1-5H,6H2,(H2,16,23)(H,17,24)(H,21,22). The summed E-state index contributed by atoms with van der Waals surface area (Å²) >= 11 is 0. The predicted molar refractivity (Wildman–Crippen MR) is 220 cm³/mol. The second-order valence-corrected chi connectivity index (χ2v) is 13.4. The highest BCUT2D eigenvalue weighted by molar-refractivity contribution is 6.14. The minimum Gasteiger partial charge on any atom is -0.480 e. The molecule has 0 bridgehead atoms. The summed E-state index contributed by atoms with van der Waals surface area (Å²) in [6, 6.07) is 13.0. The van der Waals surface area contributed by atoms with Gasteiger partial charge in [-0.3, -0.25) is 73.4 Å². The van der Waals surface area contributed by atoms with Crippen LogP contribution in [0.2, 0.25) is 0 Å². The molecule has 64 heavy (non-hydrogen) atoms. The van der Waals surface area contributed by atoms with Crippen LogP contribution in [-0.4, -0.2) is 79.9 Å². The Kier molecular flexibility index (Phi) is 12.0. The van der Waals surface area contributed by atoms with Crippen molar-refractivity contribution in [3.05, 3.63) is 165 Å². The Bertz CT molecular complexity index is 3130. The molecule has 7 rings (SSSR count). The van der Waals surface area contributed by atoms with Crippen LogP contribution in [0.5, 0.6) is 0 Å². The minimum atomic E-state index is -1.37. The molecule has 1 aliphatic heterocycles. The van der Waals surface area contributed by atoms with E-state index in [-0.39, 0.29) is 68.5 Å². The van der Waals surface area contributed by atoms with Crippen molar-refractivity contribution in [1.29, 1.82) is 0 Å².